The van der Waals surface area contributed by atoms with Crippen LogP contribution in [0.1, 0.15) is 26.2 Å². The zero-order valence-corrected chi connectivity index (χ0v) is 14.0. The van der Waals surface area contributed by atoms with E-state index in [0.717, 1.165) is 32.5 Å². The quantitative estimate of drug-likeness (QED) is 0.804. The molecule has 2 aromatic heterocycles. The fourth-order valence-electron chi connectivity index (χ4n) is 2.83. The lowest BCUT2D eigenvalue weighted by atomic mass is 9.92. The van der Waals surface area contributed by atoms with Crippen molar-refractivity contribution in [2.75, 3.05) is 25.6 Å². The van der Waals surface area contributed by atoms with E-state index in [2.05, 4.69) is 32.4 Å². The van der Waals surface area contributed by atoms with Crippen molar-refractivity contribution in [3.8, 4) is 11.8 Å². The third-order valence-corrected chi connectivity index (χ3v) is 4.10. The Balaban J connectivity index is 1.65. The minimum Gasteiger partial charge on any atom is -0.480 e. The Morgan fingerprint density at radius 2 is 2.17 bits per heavy atom. The highest BCUT2D eigenvalue weighted by Crippen LogP contribution is 2.25. The highest BCUT2D eigenvalue weighted by Gasteiger charge is 2.24. The van der Waals surface area contributed by atoms with Crippen molar-refractivity contribution in [1.29, 1.82) is 0 Å². The monoisotopic (exact) mass is 333 g/mol. The van der Waals surface area contributed by atoms with Crippen LogP contribution in [0.15, 0.2) is 18.5 Å². The molecular formula is C16H23N5O3. The number of hydrogen-bond donors (Lipinski definition) is 2. The first-order chi connectivity index (χ1) is 11.8. The largest absolute Gasteiger partial charge is 0.480 e. The molecule has 8 nitrogen and oxygen atoms in total. The molecule has 0 radical (unpaired) electrons. The summed E-state index contributed by atoms with van der Waals surface area (Å²) in [7, 11) is 1.56. The highest BCUT2D eigenvalue weighted by molar-refractivity contribution is 5.51. The summed E-state index contributed by atoms with van der Waals surface area (Å²) in [6, 6.07) is 1.74. The van der Waals surface area contributed by atoms with Crippen LogP contribution in [0.25, 0.3) is 0 Å². The van der Waals surface area contributed by atoms with Crippen molar-refractivity contribution in [3.05, 3.63) is 18.5 Å². The molecule has 24 heavy (non-hydrogen) atoms. The van der Waals surface area contributed by atoms with Gasteiger partial charge < -0.3 is 19.5 Å². The minimum absolute atomic E-state index is 0.130. The summed E-state index contributed by atoms with van der Waals surface area (Å²) < 4.78 is 16.6. The summed E-state index contributed by atoms with van der Waals surface area (Å²) in [5.41, 5.74) is 0. The average Bonchev–Trinajstić information content (AvgIpc) is 3.08. The van der Waals surface area contributed by atoms with Crippen LogP contribution in [0.2, 0.25) is 0 Å². The Hall–Kier alpha value is -2.35. The molecule has 0 saturated carbocycles. The zero-order valence-electron chi connectivity index (χ0n) is 14.0. The van der Waals surface area contributed by atoms with E-state index in [0.29, 0.717) is 29.3 Å². The Morgan fingerprint density at radius 3 is 2.88 bits per heavy atom. The van der Waals surface area contributed by atoms with Gasteiger partial charge in [0.15, 0.2) is 5.82 Å². The van der Waals surface area contributed by atoms with Crippen LogP contribution in [-0.4, -0.2) is 46.6 Å². The van der Waals surface area contributed by atoms with Gasteiger partial charge in [-0.25, -0.2) is 0 Å². The molecule has 0 aliphatic carbocycles. The summed E-state index contributed by atoms with van der Waals surface area (Å²) in [5.74, 6) is 2.78. The van der Waals surface area contributed by atoms with Gasteiger partial charge in [0.25, 0.3) is 0 Å². The second-order valence-corrected chi connectivity index (χ2v) is 5.71. The van der Waals surface area contributed by atoms with Gasteiger partial charge in [-0.3, -0.25) is 10.1 Å². The van der Waals surface area contributed by atoms with Crippen LogP contribution in [0.3, 0.4) is 0 Å². The van der Waals surface area contributed by atoms with E-state index in [9.17, 15) is 0 Å². The lowest BCUT2D eigenvalue weighted by Gasteiger charge is -2.29. The molecule has 1 aliphatic heterocycles. The van der Waals surface area contributed by atoms with Gasteiger partial charge in [0.1, 0.15) is 11.9 Å². The van der Waals surface area contributed by atoms with Crippen molar-refractivity contribution in [1.82, 2.24) is 20.2 Å². The summed E-state index contributed by atoms with van der Waals surface area (Å²) >= 11 is 0. The molecule has 1 saturated heterocycles. The molecule has 0 spiro atoms. The Morgan fingerprint density at radius 1 is 1.33 bits per heavy atom. The third-order valence-electron chi connectivity index (χ3n) is 4.10. The summed E-state index contributed by atoms with van der Waals surface area (Å²) in [6.45, 7) is 3.74. The van der Waals surface area contributed by atoms with Gasteiger partial charge in [0.2, 0.25) is 11.8 Å². The van der Waals surface area contributed by atoms with Gasteiger partial charge in [-0.1, -0.05) is 6.92 Å². The van der Waals surface area contributed by atoms with Crippen LogP contribution in [0, 0.1) is 5.92 Å². The van der Waals surface area contributed by atoms with Gasteiger partial charge in [0, 0.05) is 25.2 Å². The highest BCUT2D eigenvalue weighted by atomic mass is 16.5. The van der Waals surface area contributed by atoms with E-state index >= 15 is 0 Å². The van der Waals surface area contributed by atoms with Crippen LogP contribution in [-0.2, 0) is 4.74 Å². The second-order valence-electron chi connectivity index (χ2n) is 5.71. The molecule has 2 aromatic rings. The van der Waals surface area contributed by atoms with Crippen molar-refractivity contribution in [3.63, 3.8) is 0 Å². The van der Waals surface area contributed by atoms with E-state index < -0.39 is 0 Å². The fraction of sp³-hybridized carbons (Fsp3) is 0.562. The molecule has 3 heterocycles. The van der Waals surface area contributed by atoms with E-state index in [1.807, 2.05) is 0 Å². The first-order valence-electron chi connectivity index (χ1n) is 8.21. The van der Waals surface area contributed by atoms with Crippen LogP contribution in [0.4, 0.5) is 11.6 Å². The number of methoxy groups -OCH3 is 1. The standard InChI is InChI=1S/C16H23N5O3/c1-3-12(11-4-6-23-7-5-11)24-16-10-17-9-14(19-16)18-13-8-15(22-2)21-20-13/h8-12H,3-7H2,1-2H3,(H2,18,19,20,21). The van der Waals surface area contributed by atoms with Gasteiger partial charge in [-0.2, -0.15) is 4.98 Å². The molecule has 130 valence electrons. The number of ether oxygens (including phenoxy) is 3. The third kappa shape index (κ3) is 4.14. The summed E-state index contributed by atoms with van der Waals surface area (Å²) in [5, 5.41) is 9.89. The average molecular weight is 333 g/mol. The number of aromatic amines is 1. The van der Waals surface area contributed by atoms with E-state index in [1.165, 1.54) is 0 Å². The number of H-pyrrole nitrogens is 1. The molecule has 0 aromatic carbocycles. The number of nitrogens with zero attached hydrogens (tertiary/aromatic N) is 3. The second kappa shape index (κ2) is 7.96. The van der Waals surface area contributed by atoms with Crippen LogP contribution < -0.4 is 14.8 Å². The van der Waals surface area contributed by atoms with Crippen molar-refractivity contribution in [2.45, 2.75) is 32.3 Å². The van der Waals surface area contributed by atoms with Crippen LogP contribution in [0.5, 0.6) is 11.8 Å². The Labute approximate surface area is 140 Å². The van der Waals surface area contributed by atoms with Crippen molar-refractivity contribution < 1.29 is 14.2 Å². The number of hydrogen-bond acceptors (Lipinski definition) is 7. The van der Waals surface area contributed by atoms with Crippen molar-refractivity contribution >= 4 is 11.6 Å². The van der Waals surface area contributed by atoms with Gasteiger partial charge in [-0.05, 0) is 19.3 Å². The summed E-state index contributed by atoms with van der Waals surface area (Å²) in [6.07, 6.45) is 6.39. The maximum Gasteiger partial charge on any atom is 0.234 e. The SMILES string of the molecule is CCC(Oc1cncc(Nc2cc(OC)n[nH]2)n1)C1CCOCC1. The maximum absolute atomic E-state index is 6.09. The lowest BCUT2D eigenvalue weighted by Crippen LogP contribution is -2.31. The molecule has 0 amide bonds. The smallest absolute Gasteiger partial charge is 0.234 e. The topological polar surface area (TPSA) is 94.2 Å². The number of rotatable bonds is 7. The molecule has 1 fully saturated rings. The van der Waals surface area contributed by atoms with E-state index in [4.69, 9.17) is 14.2 Å². The van der Waals surface area contributed by atoms with Crippen molar-refractivity contribution in [2.24, 2.45) is 5.92 Å². The molecular weight excluding hydrogens is 310 g/mol. The minimum atomic E-state index is 0.130. The first kappa shape index (κ1) is 16.5. The lowest BCUT2D eigenvalue weighted by molar-refractivity contribution is 0.0152. The number of aromatic nitrogens is 4. The van der Waals surface area contributed by atoms with Gasteiger partial charge in [-0.15, -0.1) is 5.10 Å². The number of anilines is 2. The molecule has 1 unspecified atom stereocenters. The maximum atomic E-state index is 6.09. The molecule has 2 N–H and O–H groups in total. The van der Waals surface area contributed by atoms with E-state index in [1.54, 1.807) is 25.6 Å². The predicted octanol–water partition coefficient (Wildman–Crippen LogP) is 2.54. The number of nitrogens with one attached hydrogen (secondary N) is 2. The first-order valence-corrected chi connectivity index (χ1v) is 8.21. The molecule has 3 rings (SSSR count). The molecule has 8 heteroatoms. The predicted molar refractivity (Wildman–Crippen MR) is 88.7 cm³/mol. The fourth-order valence-corrected chi connectivity index (χ4v) is 2.83. The van der Waals surface area contributed by atoms with E-state index in [-0.39, 0.29) is 6.10 Å². The molecule has 1 aliphatic rings. The summed E-state index contributed by atoms with van der Waals surface area (Å²) in [4.78, 5) is 8.67. The molecule has 1 atom stereocenters. The Bertz CT molecular complexity index is 642. The normalized spacial score (nSPS) is 16.6. The van der Waals surface area contributed by atoms with Gasteiger partial charge in [0.05, 0.1) is 19.5 Å². The zero-order chi connectivity index (χ0) is 16.8. The molecule has 0 bridgehead atoms. The Kier molecular flexibility index (Phi) is 5.47. The van der Waals surface area contributed by atoms with Crippen LogP contribution >= 0.6 is 0 Å². The van der Waals surface area contributed by atoms with Gasteiger partial charge >= 0.3 is 0 Å².